The predicted octanol–water partition coefficient (Wildman–Crippen LogP) is 6.42. The van der Waals surface area contributed by atoms with Crippen molar-refractivity contribution in [3.8, 4) is 16.3 Å². The van der Waals surface area contributed by atoms with E-state index >= 15 is 0 Å². The Labute approximate surface area is 215 Å². The fourth-order valence-corrected chi connectivity index (χ4v) is 4.82. The summed E-state index contributed by atoms with van der Waals surface area (Å²) in [5, 5.41) is 3.74. The zero-order valence-corrected chi connectivity index (χ0v) is 21.5. The van der Waals surface area contributed by atoms with Crippen molar-refractivity contribution in [3.05, 3.63) is 83.9 Å². The van der Waals surface area contributed by atoms with Crippen molar-refractivity contribution in [2.45, 2.75) is 33.3 Å². The normalized spacial score (nSPS) is 11.9. The van der Waals surface area contributed by atoms with Gasteiger partial charge >= 0.3 is 5.97 Å². The number of esters is 1. The molecule has 0 aliphatic carbocycles. The van der Waals surface area contributed by atoms with Crippen molar-refractivity contribution in [1.29, 1.82) is 0 Å². The topological polar surface area (TPSA) is 77.5 Å². The molecule has 1 amide bonds. The zero-order valence-electron chi connectivity index (χ0n) is 20.7. The lowest BCUT2D eigenvalue weighted by molar-refractivity contribution is -0.142. The molecule has 1 unspecified atom stereocenters. The number of amides is 1. The Balaban J connectivity index is 1.40. The van der Waals surface area contributed by atoms with Gasteiger partial charge in [-0.2, -0.15) is 0 Å². The quantitative estimate of drug-likeness (QED) is 0.253. The lowest BCUT2D eigenvalue weighted by Crippen LogP contribution is -2.26. The number of carbonyl (C=O) groups excluding carboxylic acids is 2. The van der Waals surface area contributed by atoms with Crippen LogP contribution in [-0.2, 0) is 9.53 Å². The molecular formula is C29H30N2O4S. The third-order valence-electron chi connectivity index (χ3n) is 5.69. The number of benzene rings is 3. The fraction of sp³-hybridized carbons (Fsp3) is 0.276. The third kappa shape index (κ3) is 6.29. The van der Waals surface area contributed by atoms with Gasteiger partial charge in [-0.3, -0.25) is 9.59 Å². The Kier molecular flexibility index (Phi) is 8.33. The number of fused-ring (bicyclic) bond motifs is 1. The van der Waals surface area contributed by atoms with Crippen LogP contribution in [0.3, 0.4) is 0 Å². The van der Waals surface area contributed by atoms with Crippen molar-refractivity contribution >= 4 is 33.4 Å². The van der Waals surface area contributed by atoms with Gasteiger partial charge in [0.05, 0.1) is 23.2 Å². The first kappa shape index (κ1) is 25.4. The molecule has 3 aromatic carbocycles. The second kappa shape index (κ2) is 11.8. The molecule has 36 heavy (non-hydrogen) atoms. The standard InChI is InChI=1S/C29H30N2O4S/c1-4-34-26(32)17-18-30-28(33)21-11-9-20(10-12-21)27(19(2)3)35-23-15-13-22(14-16-23)29-31-24-7-5-6-8-25(24)36-29/h5-16,19,27H,4,17-18H2,1-3H3,(H,30,33). The van der Waals surface area contributed by atoms with Crippen molar-refractivity contribution in [2.24, 2.45) is 5.92 Å². The van der Waals surface area contributed by atoms with Gasteiger partial charge in [-0.05, 0) is 66.9 Å². The van der Waals surface area contributed by atoms with Gasteiger partial charge in [0.2, 0.25) is 0 Å². The van der Waals surface area contributed by atoms with Crippen LogP contribution in [0.2, 0.25) is 0 Å². The lowest BCUT2D eigenvalue weighted by atomic mass is 9.97. The highest BCUT2D eigenvalue weighted by Crippen LogP contribution is 2.33. The molecule has 0 saturated heterocycles. The van der Waals surface area contributed by atoms with E-state index in [1.807, 2.05) is 54.6 Å². The molecule has 7 heteroatoms. The van der Waals surface area contributed by atoms with Crippen LogP contribution in [0.1, 0.15) is 49.2 Å². The van der Waals surface area contributed by atoms with Gasteiger partial charge in [0.25, 0.3) is 5.91 Å². The average molecular weight is 503 g/mol. The minimum atomic E-state index is -0.321. The summed E-state index contributed by atoms with van der Waals surface area (Å²) < 4.78 is 12.4. The number of aromatic nitrogens is 1. The van der Waals surface area contributed by atoms with Gasteiger partial charge in [-0.1, -0.05) is 38.1 Å². The number of hydrogen-bond acceptors (Lipinski definition) is 6. The van der Waals surface area contributed by atoms with Crippen molar-refractivity contribution < 1.29 is 19.1 Å². The van der Waals surface area contributed by atoms with Gasteiger partial charge in [0.15, 0.2) is 0 Å². The highest BCUT2D eigenvalue weighted by molar-refractivity contribution is 7.21. The van der Waals surface area contributed by atoms with E-state index in [0.717, 1.165) is 27.4 Å². The third-order valence-corrected chi connectivity index (χ3v) is 6.77. The molecule has 6 nitrogen and oxygen atoms in total. The van der Waals surface area contributed by atoms with Crippen molar-refractivity contribution in [1.82, 2.24) is 10.3 Å². The largest absolute Gasteiger partial charge is 0.485 e. The zero-order chi connectivity index (χ0) is 25.5. The number of nitrogens with one attached hydrogen (secondary N) is 1. The molecular weight excluding hydrogens is 472 g/mol. The Morgan fingerprint density at radius 2 is 1.69 bits per heavy atom. The first-order valence-electron chi connectivity index (χ1n) is 12.1. The van der Waals surface area contributed by atoms with Crippen LogP contribution >= 0.6 is 11.3 Å². The summed E-state index contributed by atoms with van der Waals surface area (Å²) in [5.74, 6) is 0.453. The highest BCUT2D eigenvalue weighted by atomic mass is 32.1. The van der Waals surface area contributed by atoms with E-state index in [1.54, 1.807) is 30.4 Å². The molecule has 0 fully saturated rings. The number of hydrogen-bond donors (Lipinski definition) is 1. The van der Waals surface area contributed by atoms with E-state index in [2.05, 4.69) is 25.2 Å². The van der Waals surface area contributed by atoms with Crippen LogP contribution in [-0.4, -0.2) is 30.0 Å². The fourth-order valence-electron chi connectivity index (χ4n) is 3.84. The first-order chi connectivity index (χ1) is 17.4. The molecule has 0 radical (unpaired) electrons. The summed E-state index contributed by atoms with van der Waals surface area (Å²) in [6.45, 7) is 6.54. The summed E-state index contributed by atoms with van der Waals surface area (Å²) >= 11 is 1.68. The molecule has 4 rings (SSSR count). The lowest BCUT2D eigenvalue weighted by Gasteiger charge is -2.23. The number of rotatable bonds is 10. The molecule has 1 N–H and O–H groups in total. The number of carbonyl (C=O) groups is 2. The minimum absolute atomic E-state index is 0.151. The summed E-state index contributed by atoms with van der Waals surface area (Å²) in [5.41, 5.74) is 3.59. The minimum Gasteiger partial charge on any atom is -0.485 e. The molecule has 186 valence electrons. The highest BCUT2D eigenvalue weighted by Gasteiger charge is 2.19. The molecule has 4 aromatic rings. The molecule has 1 heterocycles. The maximum atomic E-state index is 12.4. The Morgan fingerprint density at radius 3 is 2.36 bits per heavy atom. The van der Waals surface area contributed by atoms with Gasteiger partial charge < -0.3 is 14.8 Å². The van der Waals surface area contributed by atoms with E-state index in [1.165, 1.54) is 4.70 Å². The van der Waals surface area contributed by atoms with E-state index in [4.69, 9.17) is 14.5 Å². The van der Waals surface area contributed by atoms with Gasteiger partial charge in [-0.15, -0.1) is 11.3 Å². The Hall–Kier alpha value is -3.71. The number of para-hydroxylation sites is 1. The van der Waals surface area contributed by atoms with Gasteiger partial charge in [0, 0.05) is 17.7 Å². The van der Waals surface area contributed by atoms with Crippen LogP contribution in [0.4, 0.5) is 0 Å². The second-order valence-electron chi connectivity index (χ2n) is 8.73. The van der Waals surface area contributed by atoms with Crippen LogP contribution in [0, 0.1) is 5.92 Å². The average Bonchev–Trinajstić information content (AvgIpc) is 3.32. The van der Waals surface area contributed by atoms with Crippen LogP contribution in [0.15, 0.2) is 72.8 Å². The Bertz CT molecular complexity index is 1280. The SMILES string of the molecule is CCOC(=O)CCNC(=O)c1ccc(C(Oc2ccc(-c3nc4ccccc4s3)cc2)C(C)C)cc1. The number of nitrogens with zero attached hydrogens (tertiary/aromatic N) is 1. The molecule has 0 bridgehead atoms. The molecule has 0 aliphatic rings. The first-order valence-corrected chi connectivity index (χ1v) is 12.9. The summed E-state index contributed by atoms with van der Waals surface area (Å²) in [6, 6.07) is 23.6. The summed E-state index contributed by atoms with van der Waals surface area (Å²) in [7, 11) is 0. The van der Waals surface area contributed by atoms with E-state index in [9.17, 15) is 9.59 Å². The van der Waals surface area contributed by atoms with Crippen LogP contribution in [0.5, 0.6) is 5.75 Å². The second-order valence-corrected chi connectivity index (χ2v) is 9.76. The van der Waals surface area contributed by atoms with E-state index < -0.39 is 0 Å². The predicted molar refractivity (Wildman–Crippen MR) is 143 cm³/mol. The van der Waals surface area contributed by atoms with Gasteiger partial charge in [0.1, 0.15) is 16.9 Å². The summed E-state index contributed by atoms with van der Waals surface area (Å²) in [4.78, 5) is 28.6. The smallest absolute Gasteiger partial charge is 0.307 e. The van der Waals surface area contributed by atoms with E-state index in [-0.39, 0.29) is 36.9 Å². The molecule has 0 aliphatic heterocycles. The number of thiazole rings is 1. The molecule has 1 atom stereocenters. The summed E-state index contributed by atoms with van der Waals surface area (Å²) in [6.07, 6.45) is -0.0159. The van der Waals surface area contributed by atoms with Crippen molar-refractivity contribution in [2.75, 3.05) is 13.2 Å². The molecule has 0 spiro atoms. The molecule has 1 aromatic heterocycles. The molecule has 0 saturated carbocycles. The van der Waals surface area contributed by atoms with Crippen LogP contribution < -0.4 is 10.1 Å². The maximum absolute atomic E-state index is 12.4. The van der Waals surface area contributed by atoms with Crippen molar-refractivity contribution in [3.63, 3.8) is 0 Å². The van der Waals surface area contributed by atoms with Gasteiger partial charge in [-0.25, -0.2) is 4.98 Å². The number of ether oxygens (including phenoxy) is 2. The van der Waals surface area contributed by atoms with Crippen LogP contribution in [0.25, 0.3) is 20.8 Å². The monoisotopic (exact) mass is 502 g/mol. The Morgan fingerprint density at radius 1 is 0.972 bits per heavy atom. The van der Waals surface area contributed by atoms with E-state index in [0.29, 0.717) is 12.2 Å². The maximum Gasteiger partial charge on any atom is 0.307 e.